The van der Waals surface area contributed by atoms with Crippen LogP contribution in [0.3, 0.4) is 0 Å². The fourth-order valence-electron chi connectivity index (χ4n) is 3.20. The highest BCUT2D eigenvalue weighted by Gasteiger charge is 2.30. The Bertz CT molecular complexity index is 331. The Balaban J connectivity index is 1.93. The molecule has 1 aliphatic rings. The van der Waals surface area contributed by atoms with Gasteiger partial charge in [0.15, 0.2) is 0 Å². The van der Waals surface area contributed by atoms with Crippen LogP contribution in [0.1, 0.15) is 44.1 Å². The largest absolute Gasteiger partial charge is 0.319 e. The molecule has 0 saturated heterocycles. The second-order valence-corrected chi connectivity index (χ2v) is 5.61. The van der Waals surface area contributed by atoms with Crippen LogP contribution in [0.2, 0.25) is 0 Å². The van der Waals surface area contributed by atoms with E-state index in [0.29, 0.717) is 5.41 Å². The minimum absolute atomic E-state index is 0.544. The van der Waals surface area contributed by atoms with Gasteiger partial charge in [0.1, 0.15) is 0 Å². The predicted molar refractivity (Wildman–Crippen MR) is 71.0 cm³/mol. The van der Waals surface area contributed by atoms with E-state index >= 15 is 0 Å². The van der Waals surface area contributed by atoms with E-state index in [4.69, 9.17) is 0 Å². The van der Waals surface area contributed by atoms with E-state index in [-0.39, 0.29) is 0 Å². The number of rotatable bonds is 5. The Morgan fingerprint density at radius 2 is 2.12 bits per heavy atom. The van der Waals surface area contributed by atoms with Gasteiger partial charge in [-0.2, -0.15) is 5.10 Å². The van der Waals surface area contributed by atoms with Crippen LogP contribution in [-0.4, -0.2) is 23.4 Å². The van der Waals surface area contributed by atoms with Crippen molar-refractivity contribution in [3.05, 3.63) is 18.0 Å². The Morgan fingerprint density at radius 3 is 2.71 bits per heavy atom. The number of aromatic nitrogens is 2. The first-order valence-corrected chi connectivity index (χ1v) is 6.86. The Labute approximate surface area is 105 Å². The lowest BCUT2D eigenvalue weighted by atomic mass is 9.70. The lowest BCUT2D eigenvalue weighted by molar-refractivity contribution is 0.171. The van der Waals surface area contributed by atoms with E-state index in [0.717, 1.165) is 0 Å². The Kier molecular flexibility index (Phi) is 4.21. The van der Waals surface area contributed by atoms with Gasteiger partial charge in [-0.05, 0) is 43.7 Å². The number of hydrogen-bond donors (Lipinski definition) is 1. The van der Waals surface area contributed by atoms with Crippen LogP contribution in [0.25, 0.3) is 0 Å². The molecule has 0 aromatic carbocycles. The summed E-state index contributed by atoms with van der Waals surface area (Å²) in [6, 6.07) is 0. The molecule has 1 heterocycles. The summed E-state index contributed by atoms with van der Waals surface area (Å²) in [6.07, 6.45) is 13.7. The number of nitrogens with zero attached hydrogens (tertiary/aromatic N) is 2. The molecule has 2 rings (SSSR count). The van der Waals surface area contributed by atoms with Gasteiger partial charge in [-0.3, -0.25) is 4.68 Å². The third-order valence-corrected chi connectivity index (χ3v) is 4.17. The molecule has 1 aliphatic carbocycles. The van der Waals surface area contributed by atoms with Crippen molar-refractivity contribution in [1.29, 1.82) is 0 Å². The minimum atomic E-state index is 0.544. The van der Waals surface area contributed by atoms with Gasteiger partial charge in [-0.25, -0.2) is 0 Å². The molecule has 0 bridgehead atoms. The molecule has 1 fully saturated rings. The first kappa shape index (κ1) is 12.6. The van der Waals surface area contributed by atoms with Crippen molar-refractivity contribution in [2.45, 2.75) is 44.9 Å². The highest BCUT2D eigenvalue weighted by Crippen LogP contribution is 2.39. The molecule has 0 unspecified atom stereocenters. The van der Waals surface area contributed by atoms with Crippen molar-refractivity contribution < 1.29 is 0 Å². The summed E-state index contributed by atoms with van der Waals surface area (Å²) in [5, 5.41) is 7.65. The SMILES string of the molecule is CNCC1(CCc2cnn(C)c2)CCCCC1. The standard InChI is InChI=1S/C14H25N3/c1-15-12-14(7-4-3-5-8-14)9-6-13-10-16-17(2)11-13/h10-11,15H,3-9,12H2,1-2H3. The Hall–Kier alpha value is -0.830. The molecule has 1 aromatic rings. The number of nitrogens with one attached hydrogen (secondary N) is 1. The first-order chi connectivity index (χ1) is 8.24. The summed E-state index contributed by atoms with van der Waals surface area (Å²) >= 11 is 0. The fraction of sp³-hybridized carbons (Fsp3) is 0.786. The van der Waals surface area contributed by atoms with E-state index in [1.54, 1.807) is 0 Å². The molecule has 0 aliphatic heterocycles. The monoisotopic (exact) mass is 235 g/mol. The topological polar surface area (TPSA) is 29.9 Å². The van der Waals surface area contributed by atoms with Gasteiger partial charge >= 0.3 is 0 Å². The lowest BCUT2D eigenvalue weighted by Crippen LogP contribution is -2.35. The molecule has 1 N–H and O–H groups in total. The highest BCUT2D eigenvalue weighted by molar-refractivity contribution is 5.05. The molecule has 96 valence electrons. The average Bonchev–Trinajstić information content (AvgIpc) is 2.75. The van der Waals surface area contributed by atoms with Gasteiger partial charge in [-0.15, -0.1) is 0 Å². The number of aryl methyl sites for hydroxylation is 2. The van der Waals surface area contributed by atoms with Crippen molar-refractivity contribution in [2.75, 3.05) is 13.6 Å². The molecule has 0 atom stereocenters. The molecule has 3 nitrogen and oxygen atoms in total. The maximum Gasteiger partial charge on any atom is 0.0521 e. The molecule has 0 radical (unpaired) electrons. The molecule has 1 saturated carbocycles. The van der Waals surface area contributed by atoms with Crippen LogP contribution in [0.5, 0.6) is 0 Å². The van der Waals surface area contributed by atoms with Crippen LogP contribution in [0.15, 0.2) is 12.4 Å². The second-order valence-electron chi connectivity index (χ2n) is 5.61. The zero-order chi connectivity index (χ0) is 12.1. The van der Waals surface area contributed by atoms with Gasteiger partial charge in [0.25, 0.3) is 0 Å². The van der Waals surface area contributed by atoms with Crippen molar-refractivity contribution >= 4 is 0 Å². The third kappa shape index (κ3) is 3.32. The van der Waals surface area contributed by atoms with Gasteiger partial charge in [0.05, 0.1) is 6.20 Å². The molecule has 0 spiro atoms. The Morgan fingerprint density at radius 1 is 1.35 bits per heavy atom. The molecule has 1 aromatic heterocycles. The summed E-state index contributed by atoms with van der Waals surface area (Å²) in [5.74, 6) is 0. The highest BCUT2D eigenvalue weighted by atomic mass is 15.2. The van der Waals surface area contributed by atoms with Crippen LogP contribution in [0.4, 0.5) is 0 Å². The maximum atomic E-state index is 4.25. The molecule has 3 heteroatoms. The zero-order valence-electron chi connectivity index (χ0n) is 11.2. The molecular formula is C14H25N3. The van der Waals surface area contributed by atoms with E-state index in [1.807, 2.05) is 17.9 Å². The summed E-state index contributed by atoms with van der Waals surface area (Å²) in [5.41, 5.74) is 1.93. The normalized spacial score (nSPS) is 19.4. The number of hydrogen-bond acceptors (Lipinski definition) is 2. The fourth-order valence-corrected chi connectivity index (χ4v) is 3.20. The van der Waals surface area contributed by atoms with Gasteiger partial charge in [-0.1, -0.05) is 19.3 Å². The van der Waals surface area contributed by atoms with Crippen molar-refractivity contribution in [3.8, 4) is 0 Å². The summed E-state index contributed by atoms with van der Waals surface area (Å²) in [7, 11) is 4.08. The third-order valence-electron chi connectivity index (χ3n) is 4.17. The van der Waals surface area contributed by atoms with Crippen molar-refractivity contribution in [3.63, 3.8) is 0 Å². The molecule has 0 amide bonds. The van der Waals surface area contributed by atoms with Gasteiger partial charge in [0.2, 0.25) is 0 Å². The van der Waals surface area contributed by atoms with Crippen LogP contribution in [0, 0.1) is 5.41 Å². The zero-order valence-corrected chi connectivity index (χ0v) is 11.2. The van der Waals surface area contributed by atoms with Crippen LogP contribution >= 0.6 is 0 Å². The predicted octanol–water partition coefficient (Wildman–Crippen LogP) is 2.52. The van der Waals surface area contributed by atoms with E-state index in [1.165, 1.54) is 57.1 Å². The smallest absolute Gasteiger partial charge is 0.0521 e. The van der Waals surface area contributed by atoms with Crippen molar-refractivity contribution in [2.24, 2.45) is 12.5 Å². The van der Waals surface area contributed by atoms with Crippen LogP contribution < -0.4 is 5.32 Å². The lowest BCUT2D eigenvalue weighted by Gasteiger charge is -2.37. The molecular weight excluding hydrogens is 210 g/mol. The van der Waals surface area contributed by atoms with Gasteiger partial charge in [0, 0.05) is 19.8 Å². The maximum absolute atomic E-state index is 4.25. The van der Waals surface area contributed by atoms with Crippen LogP contribution in [-0.2, 0) is 13.5 Å². The average molecular weight is 235 g/mol. The second kappa shape index (κ2) is 5.67. The first-order valence-electron chi connectivity index (χ1n) is 6.86. The quantitative estimate of drug-likeness (QED) is 0.850. The summed E-state index contributed by atoms with van der Waals surface area (Å²) in [6.45, 7) is 1.17. The summed E-state index contributed by atoms with van der Waals surface area (Å²) in [4.78, 5) is 0. The minimum Gasteiger partial charge on any atom is -0.319 e. The summed E-state index contributed by atoms with van der Waals surface area (Å²) < 4.78 is 1.90. The van der Waals surface area contributed by atoms with E-state index in [9.17, 15) is 0 Å². The van der Waals surface area contributed by atoms with E-state index in [2.05, 4.69) is 23.7 Å². The molecule has 17 heavy (non-hydrogen) atoms. The van der Waals surface area contributed by atoms with Gasteiger partial charge < -0.3 is 5.32 Å². The van der Waals surface area contributed by atoms with E-state index < -0.39 is 0 Å². The van der Waals surface area contributed by atoms with Crippen molar-refractivity contribution in [1.82, 2.24) is 15.1 Å².